The molecule has 0 spiro atoms. The van der Waals surface area contributed by atoms with Crippen LogP contribution in [0.3, 0.4) is 0 Å². The molecule has 0 saturated heterocycles. The first-order valence-electron chi connectivity index (χ1n) is 10.0. The van der Waals surface area contributed by atoms with E-state index in [9.17, 15) is 22.7 Å². The average molecular weight is 479 g/mol. The van der Waals surface area contributed by atoms with Gasteiger partial charge in [0, 0.05) is 25.0 Å². The molecule has 0 atom stereocenters. The van der Waals surface area contributed by atoms with Crippen molar-refractivity contribution in [2.24, 2.45) is 0 Å². The third-order valence-corrected chi connectivity index (χ3v) is 5.89. The van der Waals surface area contributed by atoms with Crippen molar-refractivity contribution in [2.45, 2.75) is 32.5 Å². The summed E-state index contributed by atoms with van der Waals surface area (Å²) in [5, 5.41) is 13.5. The van der Waals surface area contributed by atoms with Crippen molar-refractivity contribution in [3.8, 4) is 0 Å². The Labute approximate surface area is 192 Å². The summed E-state index contributed by atoms with van der Waals surface area (Å²) >= 11 is 1.33. The van der Waals surface area contributed by atoms with Gasteiger partial charge in [-0.3, -0.25) is 4.98 Å². The number of alkyl halides is 3. The van der Waals surface area contributed by atoms with E-state index in [2.05, 4.69) is 26.8 Å². The van der Waals surface area contributed by atoms with Crippen molar-refractivity contribution < 1.29 is 22.7 Å². The number of hydrogen-bond donors (Lipinski definition) is 2. The number of hydrogen-bond acceptors (Lipinski definition) is 6. The zero-order valence-electron chi connectivity index (χ0n) is 17.8. The first-order chi connectivity index (χ1) is 15.7. The van der Waals surface area contributed by atoms with Gasteiger partial charge in [-0.2, -0.15) is 17.6 Å². The van der Waals surface area contributed by atoms with Gasteiger partial charge < -0.3 is 10.4 Å². The van der Waals surface area contributed by atoms with E-state index in [-0.39, 0.29) is 6.61 Å². The molecule has 0 aliphatic heterocycles. The number of allylic oxidation sites excluding steroid dienone is 2. The maximum atomic E-state index is 13.5. The topological polar surface area (TPSA) is 70.9 Å². The zero-order valence-corrected chi connectivity index (χ0v) is 18.6. The van der Waals surface area contributed by atoms with E-state index < -0.39 is 17.8 Å². The number of nitrogens with one attached hydrogen (secondary N) is 1. The Hall–Kier alpha value is -3.11. The smallest absolute Gasteiger partial charge is 0.390 e. The number of aryl methyl sites for hydroxylation is 2. The number of halogens is 4. The molecular formula is C23H22F4N4OS. The maximum absolute atomic E-state index is 13.5. The van der Waals surface area contributed by atoms with Gasteiger partial charge >= 0.3 is 6.18 Å². The second kappa shape index (κ2) is 10.7. The molecular weight excluding hydrogens is 456 g/mol. The van der Waals surface area contributed by atoms with Gasteiger partial charge in [-0.15, -0.1) is 0 Å². The molecule has 174 valence electrons. The number of pyridine rings is 2. The summed E-state index contributed by atoms with van der Waals surface area (Å²) in [6.45, 7) is 5.89. The molecule has 10 heteroatoms. The Bertz CT molecular complexity index is 1140. The highest BCUT2D eigenvalue weighted by molar-refractivity contribution is 7.16. The van der Waals surface area contributed by atoms with Crippen LogP contribution in [0.25, 0.3) is 11.6 Å². The second-order valence-electron chi connectivity index (χ2n) is 7.20. The van der Waals surface area contributed by atoms with E-state index in [0.717, 1.165) is 11.6 Å². The highest BCUT2D eigenvalue weighted by Gasteiger charge is 2.31. The lowest BCUT2D eigenvalue weighted by Gasteiger charge is -2.07. The summed E-state index contributed by atoms with van der Waals surface area (Å²) in [5.74, 6) is -0.590. The lowest BCUT2D eigenvalue weighted by Crippen LogP contribution is -2.08. The molecule has 3 heterocycles. The lowest BCUT2D eigenvalue weighted by molar-refractivity contribution is -0.141. The van der Waals surface area contributed by atoms with E-state index in [0.29, 0.717) is 51.8 Å². The minimum absolute atomic E-state index is 0.278. The number of anilines is 1. The third-order valence-electron chi connectivity index (χ3n) is 4.79. The van der Waals surface area contributed by atoms with Crippen molar-refractivity contribution in [2.75, 3.05) is 11.9 Å². The third kappa shape index (κ3) is 6.45. The van der Waals surface area contributed by atoms with Crippen LogP contribution in [0.2, 0.25) is 0 Å². The van der Waals surface area contributed by atoms with Crippen molar-refractivity contribution in [3.05, 3.63) is 82.2 Å². The zero-order chi connectivity index (χ0) is 24.0. The largest absolute Gasteiger partial charge is 0.433 e. The van der Waals surface area contributed by atoms with Crippen LogP contribution < -0.4 is 5.32 Å². The average Bonchev–Trinajstić information content (AvgIpc) is 3.20. The Kier molecular flexibility index (Phi) is 7.93. The summed E-state index contributed by atoms with van der Waals surface area (Å²) in [6.07, 6.45) is 2.81. The molecule has 0 amide bonds. The molecule has 3 aromatic heterocycles. The van der Waals surface area contributed by atoms with Gasteiger partial charge in [0.15, 0.2) is 5.13 Å². The van der Waals surface area contributed by atoms with Crippen molar-refractivity contribution >= 4 is 28.1 Å². The minimum atomic E-state index is -4.45. The first kappa shape index (κ1) is 24.5. The van der Waals surface area contributed by atoms with Crippen LogP contribution in [0.4, 0.5) is 22.7 Å². The fraction of sp³-hybridized carbons (Fsp3) is 0.261. The lowest BCUT2D eigenvalue weighted by atomic mass is 10.1. The number of thiazole rings is 1. The van der Waals surface area contributed by atoms with Gasteiger partial charge in [0.25, 0.3) is 0 Å². The van der Waals surface area contributed by atoms with Crippen LogP contribution in [0.5, 0.6) is 0 Å². The van der Waals surface area contributed by atoms with Gasteiger partial charge in [-0.25, -0.2) is 9.97 Å². The standard InChI is InChI=1S/C23H22F4N4OS/c1-3-16(9-17-10-20(24)30-11-14(17)2)21-18(13-32)31-22(33-21)28-8-4-5-15-6-7-19(29-12-15)23(25,26)27/h3,6-7,9-12,32H,1,4-5,8,13H2,2H3,(H,28,31)/b16-9+. The van der Waals surface area contributed by atoms with Gasteiger partial charge in [-0.1, -0.05) is 30.1 Å². The second-order valence-corrected chi connectivity index (χ2v) is 8.20. The van der Waals surface area contributed by atoms with E-state index >= 15 is 0 Å². The molecule has 0 aromatic carbocycles. The summed E-state index contributed by atoms with van der Waals surface area (Å²) < 4.78 is 51.3. The van der Waals surface area contributed by atoms with Crippen LogP contribution in [0.15, 0.2) is 43.2 Å². The Morgan fingerprint density at radius 2 is 2.03 bits per heavy atom. The normalized spacial score (nSPS) is 12.1. The molecule has 0 bridgehead atoms. The van der Waals surface area contributed by atoms with E-state index in [1.54, 1.807) is 12.2 Å². The Balaban J connectivity index is 1.66. The molecule has 0 radical (unpaired) electrons. The number of nitrogens with zero attached hydrogens (tertiary/aromatic N) is 3. The minimum Gasteiger partial charge on any atom is -0.390 e. The highest BCUT2D eigenvalue weighted by Crippen LogP contribution is 2.32. The molecule has 0 aliphatic rings. The SMILES string of the molecule is C=C/C(=C\c1cc(F)ncc1C)c1sc(NCCCc2ccc(C(F)(F)F)nc2)nc1CO. The molecule has 5 nitrogen and oxygen atoms in total. The number of rotatable bonds is 9. The summed E-state index contributed by atoms with van der Waals surface area (Å²) in [7, 11) is 0. The summed E-state index contributed by atoms with van der Waals surface area (Å²) in [4.78, 5) is 12.2. The van der Waals surface area contributed by atoms with Crippen LogP contribution in [-0.4, -0.2) is 26.6 Å². The van der Waals surface area contributed by atoms with E-state index in [4.69, 9.17) is 0 Å². The molecule has 0 saturated carbocycles. The van der Waals surface area contributed by atoms with Crippen molar-refractivity contribution in [3.63, 3.8) is 0 Å². The molecule has 2 N–H and O–H groups in total. The van der Waals surface area contributed by atoms with Gasteiger partial charge in [0.1, 0.15) is 5.69 Å². The van der Waals surface area contributed by atoms with Crippen LogP contribution in [0.1, 0.15) is 39.4 Å². The molecule has 0 fully saturated rings. The van der Waals surface area contributed by atoms with Crippen molar-refractivity contribution in [1.82, 2.24) is 15.0 Å². The van der Waals surface area contributed by atoms with Crippen molar-refractivity contribution in [1.29, 1.82) is 0 Å². The molecule has 0 aliphatic carbocycles. The summed E-state index contributed by atoms with van der Waals surface area (Å²) in [6, 6.07) is 3.73. The fourth-order valence-electron chi connectivity index (χ4n) is 3.04. The number of aromatic nitrogens is 3. The van der Waals surface area contributed by atoms with Crippen LogP contribution in [0, 0.1) is 12.9 Å². The van der Waals surface area contributed by atoms with E-state index in [1.165, 1.54) is 35.9 Å². The summed E-state index contributed by atoms with van der Waals surface area (Å²) in [5.41, 5.74) is 2.39. The molecule has 3 aromatic rings. The molecule has 33 heavy (non-hydrogen) atoms. The number of aliphatic hydroxyl groups excluding tert-OH is 1. The van der Waals surface area contributed by atoms with E-state index in [1.807, 2.05) is 6.92 Å². The fourth-order valence-corrected chi connectivity index (χ4v) is 4.05. The molecule has 3 rings (SSSR count). The van der Waals surface area contributed by atoms with Gasteiger partial charge in [-0.05, 0) is 54.2 Å². The van der Waals surface area contributed by atoms with Crippen LogP contribution in [-0.2, 0) is 19.2 Å². The predicted octanol–water partition coefficient (Wildman–Crippen LogP) is 5.66. The highest BCUT2D eigenvalue weighted by atomic mass is 32.1. The van der Waals surface area contributed by atoms with Crippen LogP contribution >= 0.6 is 11.3 Å². The molecule has 0 unspecified atom stereocenters. The Morgan fingerprint density at radius 1 is 1.24 bits per heavy atom. The monoisotopic (exact) mass is 478 g/mol. The number of aliphatic hydroxyl groups is 1. The predicted molar refractivity (Wildman–Crippen MR) is 121 cm³/mol. The van der Waals surface area contributed by atoms with Gasteiger partial charge in [0.2, 0.25) is 5.95 Å². The first-order valence-corrected chi connectivity index (χ1v) is 10.9. The Morgan fingerprint density at radius 3 is 2.67 bits per heavy atom. The van der Waals surface area contributed by atoms with Gasteiger partial charge in [0.05, 0.1) is 17.2 Å². The maximum Gasteiger partial charge on any atom is 0.433 e. The quantitative estimate of drug-likeness (QED) is 0.180.